The average molecular weight is 487 g/mol. The quantitative estimate of drug-likeness (QED) is 0.224. The van der Waals surface area contributed by atoms with Gasteiger partial charge >= 0.3 is 0 Å². The number of hydrogen-bond donors (Lipinski definition) is 0. The summed E-state index contributed by atoms with van der Waals surface area (Å²) in [5.74, 6) is 0. The van der Waals surface area contributed by atoms with Crippen molar-refractivity contribution in [3.8, 4) is 11.1 Å². The molecule has 1 aliphatic rings. The lowest BCUT2D eigenvalue weighted by Crippen LogP contribution is -2.30. The van der Waals surface area contributed by atoms with Gasteiger partial charge in [0.25, 0.3) is 0 Å². The lowest BCUT2D eigenvalue weighted by molar-refractivity contribution is 0.755. The highest BCUT2D eigenvalue weighted by atomic mass is 14.5. The van der Waals surface area contributed by atoms with Crippen LogP contribution in [-0.4, -0.2) is 0 Å². The number of benzene rings is 4. The van der Waals surface area contributed by atoms with E-state index in [0.717, 1.165) is 25.7 Å². The maximum atomic E-state index is 2.55. The van der Waals surface area contributed by atoms with E-state index in [1.54, 1.807) is 0 Å². The Hall–Kier alpha value is -3.12. The van der Waals surface area contributed by atoms with Crippen LogP contribution >= 0.6 is 0 Å². The first kappa shape index (κ1) is 25.5. The molecule has 0 saturated heterocycles. The molecule has 37 heavy (non-hydrogen) atoms. The van der Waals surface area contributed by atoms with Crippen LogP contribution in [0, 0.1) is 27.7 Å². The maximum absolute atomic E-state index is 2.55. The van der Waals surface area contributed by atoms with Crippen molar-refractivity contribution < 1.29 is 0 Å². The minimum Gasteiger partial charge on any atom is -0.0613 e. The molecule has 0 atom stereocenters. The molecule has 0 spiro atoms. The van der Waals surface area contributed by atoms with Crippen LogP contribution in [0.25, 0.3) is 11.1 Å². The van der Waals surface area contributed by atoms with Crippen molar-refractivity contribution in [3.05, 3.63) is 127 Å². The fourth-order valence-corrected chi connectivity index (χ4v) is 7.20. The van der Waals surface area contributed by atoms with Crippen LogP contribution in [-0.2, 0) is 31.1 Å². The molecule has 0 nitrogen and oxygen atoms in total. The van der Waals surface area contributed by atoms with Gasteiger partial charge in [-0.15, -0.1) is 0 Å². The topological polar surface area (TPSA) is 0 Å². The molecule has 0 aromatic heterocycles. The van der Waals surface area contributed by atoms with Crippen molar-refractivity contribution in [2.45, 2.75) is 86.5 Å². The first-order valence-corrected chi connectivity index (χ1v) is 14.3. The normalized spacial score (nSPS) is 13.5. The zero-order valence-electron chi connectivity index (χ0n) is 24.1. The van der Waals surface area contributed by atoms with Crippen LogP contribution in [0.3, 0.4) is 0 Å². The highest BCUT2D eigenvalue weighted by Gasteiger charge is 2.47. The van der Waals surface area contributed by atoms with Gasteiger partial charge in [0.2, 0.25) is 0 Å². The molecule has 0 heterocycles. The predicted octanol–water partition coefficient (Wildman–Crippen LogP) is 9.53. The number of hydrogen-bond acceptors (Lipinski definition) is 0. The van der Waals surface area contributed by atoms with E-state index in [4.69, 9.17) is 0 Å². The Morgan fingerprint density at radius 2 is 0.892 bits per heavy atom. The average Bonchev–Trinajstić information content (AvgIpc) is 3.16. The summed E-state index contributed by atoms with van der Waals surface area (Å²) in [7, 11) is 0. The molecular weight excluding hydrogens is 444 g/mol. The van der Waals surface area contributed by atoms with Gasteiger partial charge in [0.1, 0.15) is 0 Å². The first-order valence-electron chi connectivity index (χ1n) is 14.3. The summed E-state index contributed by atoms with van der Waals surface area (Å²) in [4.78, 5) is 0. The molecule has 0 amide bonds. The third-order valence-electron chi connectivity index (χ3n) is 8.91. The Morgan fingerprint density at radius 3 is 1.24 bits per heavy atom. The van der Waals surface area contributed by atoms with E-state index in [1.807, 2.05) is 0 Å². The molecule has 1 aliphatic carbocycles. The summed E-state index contributed by atoms with van der Waals surface area (Å²) in [5.41, 5.74) is 19.6. The molecule has 0 saturated carbocycles. The second-order valence-corrected chi connectivity index (χ2v) is 11.1. The zero-order chi connectivity index (χ0) is 26.5. The van der Waals surface area contributed by atoms with E-state index in [-0.39, 0.29) is 5.41 Å². The Kier molecular flexibility index (Phi) is 6.65. The van der Waals surface area contributed by atoms with Crippen molar-refractivity contribution >= 4 is 0 Å². The monoisotopic (exact) mass is 486 g/mol. The van der Waals surface area contributed by atoms with Crippen LogP contribution in [0.5, 0.6) is 0 Å². The van der Waals surface area contributed by atoms with E-state index in [1.165, 1.54) is 77.9 Å². The molecule has 0 N–H and O–H groups in total. The lowest BCUT2D eigenvalue weighted by atomic mass is 9.65. The van der Waals surface area contributed by atoms with Crippen molar-refractivity contribution in [1.29, 1.82) is 0 Å². The summed E-state index contributed by atoms with van der Waals surface area (Å²) in [6.45, 7) is 18.3. The van der Waals surface area contributed by atoms with Gasteiger partial charge in [-0.3, -0.25) is 0 Å². The van der Waals surface area contributed by atoms with E-state index in [0.29, 0.717) is 0 Å². The van der Waals surface area contributed by atoms with Crippen LogP contribution in [0.2, 0.25) is 0 Å². The standard InChI is InChI=1S/C37H42/c1-9-27-21-29(19-25(7)31(27)11-3)37(30-20-26(8)32(12-4)28(10-2)22-30)35-17-23(5)13-15-33(35)34-16-14-24(6)18-36(34)37/h13-22H,9-12H2,1-8H3. The highest BCUT2D eigenvalue weighted by Crippen LogP contribution is 2.57. The number of fused-ring (bicyclic) bond motifs is 3. The fraction of sp³-hybridized carbons (Fsp3) is 0.351. The molecule has 4 aromatic rings. The molecule has 190 valence electrons. The maximum Gasteiger partial charge on any atom is 0.0714 e. The Bertz CT molecular complexity index is 1380. The van der Waals surface area contributed by atoms with Crippen molar-refractivity contribution in [2.75, 3.05) is 0 Å². The number of rotatable bonds is 6. The van der Waals surface area contributed by atoms with Gasteiger partial charge in [-0.2, -0.15) is 0 Å². The highest BCUT2D eigenvalue weighted by molar-refractivity contribution is 5.87. The predicted molar refractivity (Wildman–Crippen MR) is 160 cm³/mol. The summed E-state index contributed by atoms with van der Waals surface area (Å²) in [6.07, 6.45) is 4.28. The van der Waals surface area contributed by atoms with E-state index in [2.05, 4.69) is 116 Å². The lowest BCUT2D eigenvalue weighted by Gasteiger charge is -2.36. The summed E-state index contributed by atoms with van der Waals surface area (Å²) >= 11 is 0. The van der Waals surface area contributed by atoms with Crippen LogP contribution in [0.4, 0.5) is 0 Å². The van der Waals surface area contributed by atoms with Gasteiger partial charge in [-0.05, 0) is 120 Å². The van der Waals surface area contributed by atoms with Gasteiger partial charge in [0, 0.05) is 0 Å². The smallest absolute Gasteiger partial charge is 0.0613 e. The molecular formula is C37H42. The first-order chi connectivity index (χ1) is 17.8. The fourth-order valence-electron chi connectivity index (χ4n) is 7.20. The second kappa shape index (κ2) is 9.64. The van der Waals surface area contributed by atoms with Gasteiger partial charge in [0.15, 0.2) is 0 Å². The molecule has 5 rings (SSSR count). The summed E-state index contributed by atoms with van der Waals surface area (Å²) < 4.78 is 0. The summed E-state index contributed by atoms with van der Waals surface area (Å²) in [6, 6.07) is 24.3. The molecule has 0 heteroatoms. The van der Waals surface area contributed by atoms with E-state index >= 15 is 0 Å². The van der Waals surface area contributed by atoms with Crippen molar-refractivity contribution in [1.82, 2.24) is 0 Å². The minimum absolute atomic E-state index is 0.329. The Labute approximate surface area is 224 Å². The Balaban J connectivity index is 2.01. The van der Waals surface area contributed by atoms with Gasteiger partial charge in [-0.1, -0.05) is 99.5 Å². The van der Waals surface area contributed by atoms with Gasteiger partial charge < -0.3 is 0 Å². The van der Waals surface area contributed by atoms with Crippen molar-refractivity contribution in [2.24, 2.45) is 0 Å². The molecule has 4 aromatic carbocycles. The Morgan fingerprint density at radius 1 is 0.486 bits per heavy atom. The zero-order valence-corrected chi connectivity index (χ0v) is 24.1. The van der Waals surface area contributed by atoms with E-state index < -0.39 is 0 Å². The van der Waals surface area contributed by atoms with Gasteiger partial charge in [0.05, 0.1) is 5.41 Å². The molecule has 0 unspecified atom stereocenters. The minimum atomic E-state index is -0.329. The molecule has 0 aliphatic heterocycles. The second-order valence-electron chi connectivity index (χ2n) is 11.1. The number of aryl methyl sites for hydroxylation is 6. The van der Waals surface area contributed by atoms with Gasteiger partial charge in [-0.25, -0.2) is 0 Å². The third-order valence-corrected chi connectivity index (χ3v) is 8.91. The third kappa shape index (κ3) is 3.80. The molecule has 0 fully saturated rings. The molecule has 0 bridgehead atoms. The summed E-state index contributed by atoms with van der Waals surface area (Å²) in [5, 5.41) is 0. The van der Waals surface area contributed by atoms with E-state index in [9.17, 15) is 0 Å². The molecule has 0 radical (unpaired) electrons. The van der Waals surface area contributed by atoms with Crippen LogP contribution < -0.4 is 0 Å². The largest absolute Gasteiger partial charge is 0.0714 e. The van der Waals surface area contributed by atoms with Crippen molar-refractivity contribution in [3.63, 3.8) is 0 Å². The SMILES string of the molecule is CCc1cc(C2(c3cc(C)c(CC)c(CC)c3)c3cc(C)ccc3-c3ccc(C)cc32)cc(C)c1CC. The van der Waals surface area contributed by atoms with Crippen LogP contribution in [0.1, 0.15) is 94.5 Å². The van der Waals surface area contributed by atoms with Crippen LogP contribution in [0.15, 0.2) is 60.7 Å².